The van der Waals surface area contributed by atoms with Crippen molar-refractivity contribution >= 4 is 11.8 Å². The first-order valence-corrected chi connectivity index (χ1v) is 14.8. The lowest BCUT2D eigenvalue weighted by atomic mass is 9.73. The molecule has 5 rings (SSSR count). The zero-order valence-corrected chi connectivity index (χ0v) is 23.4. The van der Waals surface area contributed by atoms with Gasteiger partial charge in [0.05, 0.1) is 18.6 Å². The molecule has 1 unspecified atom stereocenters. The Hall–Kier alpha value is -3.00. The molecule has 0 radical (unpaired) electrons. The Morgan fingerprint density at radius 3 is 2.77 bits per heavy atom. The average Bonchev–Trinajstić information content (AvgIpc) is 2.97. The smallest absolute Gasteiger partial charge is 0.236 e. The molecule has 1 N–H and O–H groups in total. The lowest BCUT2D eigenvalue weighted by Gasteiger charge is -2.41. The highest BCUT2D eigenvalue weighted by Crippen LogP contribution is 2.38. The highest BCUT2D eigenvalue weighted by molar-refractivity contribution is 5.83. The van der Waals surface area contributed by atoms with Crippen molar-refractivity contribution in [3.05, 3.63) is 53.6 Å². The lowest BCUT2D eigenvalue weighted by Crippen LogP contribution is -2.51. The van der Waals surface area contributed by atoms with Gasteiger partial charge in [0.1, 0.15) is 11.6 Å². The molecule has 8 heteroatoms. The average molecular weight is 534 g/mol. The van der Waals surface area contributed by atoms with Crippen molar-refractivity contribution in [3.8, 4) is 5.75 Å². The van der Waals surface area contributed by atoms with Crippen molar-refractivity contribution in [2.45, 2.75) is 70.6 Å². The molecule has 1 aromatic heterocycles. The molecular weight excluding hydrogens is 490 g/mol. The van der Waals surface area contributed by atoms with Gasteiger partial charge in [-0.3, -0.25) is 14.5 Å². The van der Waals surface area contributed by atoms with E-state index in [1.54, 1.807) is 0 Å². The van der Waals surface area contributed by atoms with E-state index in [1.807, 2.05) is 36.2 Å². The van der Waals surface area contributed by atoms with Crippen LogP contribution in [0.25, 0.3) is 0 Å². The number of ether oxygens (including phenoxy) is 1. The topological polar surface area (TPSA) is 87.7 Å². The molecule has 0 saturated carbocycles. The van der Waals surface area contributed by atoms with Crippen molar-refractivity contribution in [3.63, 3.8) is 0 Å². The summed E-state index contributed by atoms with van der Waals surface area (Å²) in [4.78, 5) is 40.0. The molecule has 39 heavy (non-hydrogen) atoms. The first-order chi connectivity index (χ1) is 19.0. The Kier molecular flexibility index (Phi) is 9.12. The van der Waals surface area contributed by atoms with Crippen LogP contribution in [0.3, 0.4) is 0 Å². The number of benzene rings is 1. The van der Waals surface area contributed by atoms with Crippen molar-refractivity contribution < 1.29 is 14.3 Å². The summed E-state index contributed by atoms with van der Waals surface area (Å²) in [5, 5.41) is 3.21. The fraction of sp³-hybridized carbons (Fsp3) is 0.613. The summed E-state index contributed by atoms with van der Waals surface area (Å²) in [6, 6.07) is 10.2. The number of aryl methyl sites for hydroxylation is 2. The van der Waals surface area contributed by atoms with Crippen LogP contribution in [0.5, 0.6) is 5.75 Å². The minimum Gasteiger partial charge on any atom is -0.493 e. The summed E-state index contributed by atoms with van der Waals surface area (Å²) in [7, 11) is 0. The number of para-hydroxylation sites is 1. The molecule has 0 bridgehead atoms. The van der Waals surface area contributed by atoms with E-state index in [1.165, 1.54) is 5.56 Å². The number of rotatable bonds is 3. The molecule has 3 aliphatic heterocycles. The zero-order valence-electron chi connectivity index (χ0n) is 23.4. The fourth-order valence-electron chi connectivity index (χ4n) is 6.37. The van der Waals surface area contributed by atoms with Crippen molar-refractivity contribution in [2.75, 3.05) is 45.9 Å². The number of piperidine rings is 2. The van der Waals surface area contributed by atoms with Gasteiger partial charge in [-0.25, -0.2) is 9.97 Å². The summed E-state index contributed by atoms with van der Waals surface area (Å²) >= 11 is 0. The van der Waals surface area contributed by atoms with Crippen LogP contribution in [-0.2, 0) is 16.0 Å². The van der Waals surface area contributed by atoms with E-state index in [9.17, 15) is 9.59 Å². The SMILES string of the molecule is Cc1ccnc(C2CCCN(C(=O)CN3CCC4(CCCCc5ccccc5OCCCNC4=O)CC3)C2)n1. The van der Waals surface area contributed by atoms with Gasteiger partial charge in [-0.15, -0.1) is 0 Å². The zero-order chi connectivity index (χ0) is 27.1. The summed E-state index contributed by atoms with van der Waals surface area (Å²) in [6.45, 7) is 6.69. The summed E-state index contributed by atoms with van der Waals surface area (Å²) in [5.41, 5.74) is 1.88. The maximum Gasteiger partial charge on any atom is 0.236 e. The van der Waals surface area contributed by atoms with Gasteiger partial charge in [0, 0.05) is 37.4 Å². The van der Waals surface area contributed by atoms with E-state index < -0.39 is 0 Å². The van der Waals surface area contributed by atoms with Gasteiger partial charge in [0.15, 0.2) is 0 Å². The van der Waals surface area contributed by atoms with Gasteiger partial charge in [-0.2, -0.15) is 0 Å². The molecule has 1 aromatic carbocycles. The molecular formula is C31H43N5O3. The number of nitrogens with zero attached hydrogens (tertiary/aromatic N) is 4. The quantitative estimate of drug-likeness (QED) is 0.644. The Labute approximate surface area is 232 Å². The molecule has 210 valence electrons. The first-order valence-electron chi connectivity index (χ1n) is 14.8. The van der Waals surface area contributed by atoms with Gasteiger partial charge in [-0.05, 0) is 89.1 Å². The van der Waals surface area contributed by atoms with Gasteiger partial charge in [0.25, 0.3) is 0 Å². The molecule has 1 spiro atoms. The van der Waals surface area contributed by atoms with Crippen molar-refractivity contribution in [1.82, 2.24) is 25.1 Å². The number of fused-ring (bicyclic) bond motifs is 1. The molecule has 3 aliphatic rings. The predicted octanol–water partition coefficient (Wildman–Crippen LogP) is 3.88. The van der Waals surface area contributed by atoms with E-state index in [0.29, 0.717) is 26.2 Å². The van der Waals surface area contributed by atoms with Gasteiger partial charge in [-0.1, -0.05) is 24.6 Å². The second kappa shape index (κ2) is 12.9. The Morgan fingerprint density at radius 2 is 1.92 bits per heavy atom. The highest BCUT2D eigenvalue weighted by Gasteiger charge is 2.41. The lowest BCUT2D eigenvalue weighted by molar-refractivity contribution is -0.137. The second-order valence-electron chi connectivity index (χ2n) is 11.6. The van der Waals surface area contributed by atoms with Crippen LogP contribution in [0.4, 0.5) is 0 Å². The Morgan fingerprint density at radius 1 is 1.08 bits per heavy atom. The number of hydrogen-bond acceptors (Lipinski definition) is 6. The molecule has 2 amide bonds. The van der Waals surface area contributed by atoms with E-state index in [2.05, 4.69) is 32.3 Å². The largest absolute Gasteiger partial charge is 0.493 e. The second-order valence-corrected chi connectivity index (χ2v) is 11.6. The number of carbonyl (C=O) groups is 2. The van der Waals surface area contributed by atoms with Gasteiger partial charge in [0.2, 0.25) is 11.8 Å². The van der Waals surface area contributed by atoms with Crippen LogP contribution in [0, 0.1) is 12.3 Å². The third-order valence-electron chi connectivity index (χ3n) is 8.79. The van der Waals surface area contributed by atoms with Gasteiger partial charge >= 0.3 is 0 Å². The van der Waals surface area contributed by atoms with Crippen LogP contribution in [0.15, 0.2) is 36.5 Å². The number of likely N-dealkylation sites (tertiary alicyclic amines) is 2. The normalized spacial score (nSPS) is 22.9. The molecule has 2 saturated heterocycles. The van der Waals surface area contributed by atoms with E-state index in [4.69, 9.17) is 4.74 Å². The third-order valence-corrected chi connectivity index (χ3v) is 8.79. The first kappa shape index (κ1) is 27.6. The monoisotopic (exact) mass is 533 g/mol. The number of amides is 2. The number of hydrogen-bond donors (Lipinski definition) is 1. The molecule has 0 aliphatic carbocycles. The van der Waals surface area contributed by atoms with Crippen LogP contribution < -0.4 is 10.1 Å². The summed E-state index contributed by atoms with van der Waals surface area (Å²) in [6.07, 6.45) is 10.1. The molecule has 2 fully saturated rings. The highest BCUT2D eigenvalue weighted by atomic mass is 16.5. The molecule has 1 atom stereocenters. The maximum atomic E-state index is 13.4. The Bertz CT molecular complexity index is 1130. The van der Waals surface area contributed by atoms with Crippen LogP contribution in [-0.4, -0.2) is 77.5 Å². The van der Waals surface area contributed by atoms with Crippen LogP contribution >= 0.6 is 0 Å². The van der Waals surface area contributed by atoms with Crippen LogP contribution in [0.2, 0.25) is 0 Å². The molecule has 4 heterocycles. The van der Waals surface area contributed by atoms with Crippen molar-refractivity contribution in [2.24, 2.45) is 5.41 Å². The van der Waals surface area contributed by atoms with E-state index in [-0.39, 0.29) is 23.1 Å². The Balaban J connectivity index is 1.15. The van der Waals surface area contributed by atoms with Crippen molar-refractivity contribution in [1.29, 1.82) is 0 Å². The summed E-state index contributed by atoms with van der Waals surface area (Å²) in [5.74, 6) is 2.39. The standard InChI is InChI=1S/C31H43N5O3/c1-24-12-17-32-29(34-24)26-10-6-18-36(22-26)28(37)23-35-19-14-31(15-20-35)13-5-4-9-25-8-2-3-11-27(25)39-21-7-16-33-30(31)38/h2-3,8,11-12,17,26H,4-7,9-10,13-16,18-23H2,1H3,(H,33,38). The minimum atomic E-state index is -0.341. The van der Waals surface area contributed by atoms with E-state index >= 15 is 0 Å². The maximum absolute atomic E-state index is 13.4. The number of nitrogens with one attached hydrogen (secondary N) is 1. The summed E-state index contributed by atoms with van der Waals surface area (Å²) < 4.78 is 6.01. The molecule has 8 nitrogen and oxygen atoms in total. The van der Waals surface area contributed by atoms with Crippen LogP contribution in [0.1, 0.15) is 74.4 Å². The van der Waals surface area contributed by atoms with E-state index in [0.717, 1.165) is 94.7 Å². The number of carbonyl (C=O) groups excluding carboxylic acids is 2. The predicted molar refractivity (Wildman–Crippen MR) is 151 cm³/mol. The minimum absolute atomic E-state index is 0.182. The third kappa shape index (κ3) is 6.96. The molecule has 2 aromatic rings. The fourth-order valence-corrected chi connectivity index (χ4v) is 6.37. The number of aromatic nitrogens is 2. The van der Waals surface area contributed by atoms with Gasteiger partial charge < -0.3 is 15.0 Å².